The van der Waals surface area contributed by atoms with Crippen LogP contribution in [0.2, 0.25) is 5.02 Å². The van der Waals surface area contributed by atoms with Gasteiger partial charge in [-0.05, 0) is 37.7 Å². The molecule has 3 rings (SSSR count). The van der Waals surface area contributed by atoms with E-state index in [0.29, 0.717) is 5.02 Å². The Labute approximate surface area is 132 Å². The van der Waals surface area contributed by atoms with E-state index in [-0.39, 0.29) is 12.1 Å². The fourth-order valence-corrected chi connectivity index (χ4v) is 5.14. The third kappa shape index (κ3) is 2.52. The van der Waals surface area contributed by atoms with Gasteiger partial charge in [0.2, 0.25) is 0 Å². The molecule has 0 spiro atoms. The molecule has 2 N–H and O–H groups in total. The molecule has 1 atom stereocenters. The summed E-state index contributed by atoms with van der Waals surface area (Å²) in [5.74, 6) is 2.32. The Hall–Kier alpha value is -0.490. The molecule has 1 unspecified atom stereocenters. The molecule has 0 amide bonds. The van der Waals surface area contributed by atoms with Gasteiger partial charge < -0.3 is 5.73 Å². The number of rotatable bonds is 3. The molecule has 0 fully saturated rings. The second-order valence-electron chi connectivity index (χ2n) is 5.29. The van der Waals surface area contributed by atoms with Gasteiger partial charge in [0, 0.05) is 21.5 Å². The van der Waals surface area contributed by atoms with Crippen LogP contribution in [0.5, 0.6) is 0 Å². The third-order valence-corrected chi connectivity index (χ3v) is 6.14. The number of hydrogen-bond donors (Lipinski definition) is 1. The van der Waals surface area contributed by atoms with Crippen molar-refractivity contribution in [3.8, 4) is 0 Å². The second kappa shape index (κ2) is 5.72. The van der Waals surface area contributed by atoms with Gasteiger partial charge in [0.25, 0.3) is 0 Å². The van der Waals surface area contributed by atoms with Crippen LogP contribution in [0.15, 0.2) is 12.3 Å². The number of nitrogens with two attached hydrogens (primary N) is 1. The highest BCUT2D eigenvalue weighted by atomic mass is 35.5. The highest BCUT2D eigenvalue weighted by Gasteiger charge is 2.23. The number of halogens is 1. The van der Waals surface area contributed by atoms with Crippen LogP contribution in [0, 0.1) is 0 Å². The maximum Gasteiger partial charge on any atom is 0.0838 e. The van der Waals surface area contributed by atoms with E-state index in [1.165, 1.54) is 21.1 Å². The van der Waals surface area contributed by atoms with Crippen molar-refractivity contribution in [3.05, 3.63) is 38.3 Å². The predicted octanol–water partition coefficient (Wildman–Crippen LogP) is 4.02. The molecule has 0 aliphatic carbocycles. The van der Waals surface area contributed by atoms with Crippen molar-refractivity contribution in [2.75, 3.05) is 5.75 Å². The minimum Gasteiger partial charge on any atom is -0.318 e. The molecule has 20 heavy (non-hydrogen) atoms. The Kier molecular flexibility index (Phi) is 4.13. The number of aromatic nitrogens is 2. The molecular weight excluding hydrogens is 310 g/mol. The topological polar surface area (TPSA) is 43.8 Å². The Balaban J connectivity index is 1.98. The Morgan fingerprint density at radius 3 is 2.95 bits per heavy atom. The Morgan fingerprint density at radius 2 is 2.25 bits per heavy atom. The van der Waals surface area contributed by atoms with Crippen molar-refractivity contribution in [1.29, 1.82) is 0 Å². The van der Waals surface area contributed by atoms with Crippen molar-refractivity contribution >= 4 is 34.7 Å². The van der Waals surface area contributed by atoms with Crippen LogP contribution in [0.3, 0.4) is 0 Å². The number of thiophene rings is 1. The van der Waals surface area contributed by atoms with Crippen LogP contribution in [0.1, 0.15) is 46.9 Å². The number of nitrogens with zero attached hydrogens (tertiary/aromatic N) is 2. The molecule has 3 nitrogen and oxygen atoms in total. The number of fused-ring (bicyclic) bond motifs is 1. The van der Waals surface area contributed by atoms with Gasteiger partial charge in [-0.3, -0.25) is 4.68 Å². The van der Waals surface area contributed by atoms with Crippen molar-refractivity contribution in [2.45, 2.75) is 38.1 Å². The lowest BCUT2D eigenvalue weighted by atomic mass is 10.1. The molecular formula is C14H18ClN3S2. The monoisotopic (exact) mass is 327 g/mol. The summed E-state index contributed by atoms with van der Waals surface area (Å²) >= 11 is 10.1. The number of aryl methyl sites for hydroxylation is 1. The van der Waals surface area contributed by atoms with Gasteiger partial charge in [-0.25, -0.2) is 0 Å². The van der Waals surface area contributed by atoms with Crippen LogP contribution < -0.4 is 5.73 Å². The van der Waals surface area contributed by atoms with Crippen molar-refractivity contribution in [1.82, 2.24) is 9.78 Å². The van der Waals surface area contributed by atoms with Crippen molar-refractivity contribution in [3.63, 3.8) is 0 Å². The summed E-state index contributed by atoms with van der Waals surface area (Å²) in [7, 11) is 0. The molecule has 0 saturated heterocycles. The standard InChI is InChI=1S/C14H18ClN3S2/c1-8(2)18-14(10(15)6-17-18)13(16)12-5-9-7-19-4-3-11(9)20-12/h5-6,8,13H,3-4,7,16H2,1-2H3. The third-order valence-electron chi connectivity index (χ3n) is 3.52. The van der Waals surface area contributed by atoms with E-state index in [9.17, 15) is 0 Å². The van der Waals surface area contributed by atoms with E-state index in [2.05, 4.69) is 25.0 Å². The van der Waals surface area contributed by atoms with Crippen molar-refractivity contribution < 1.29 is 0 Å². The Morgan fingerprint density at radius 1 is 1.45 bits per heavy atom. The summed E-state index contributed by atoms with van der Waals surface area (Å²) in [6.07, 6.45) is 2.86. The lowest BCUT2D eigenvalue weighted by molar-refractivity contribution is 0.500. The maximum atomic E-state index is 6.47. The lowest BCUT2D eigenvalue weighted by Crippen LogP contribution is -2.18. The summed E-state index contributed by atoms with van der Waals surface area (Å²) in [5.41, 5.74) is 8.84. The summed E-state index contributed by atoms with van der Waals surface area (Å²) in [6, 6.07) is 2.33. The molecule has 2 aromatic heterocycles. The van der Waals surface area contributed by atoms with E-state index < -0.39 is 0 Å². The van der Waals surface area contributed by atoms with Crippen LogP contribution in [0.25, 0.3) is 0 Å². The molecule has 0 saturated carbocycles. The van der Waals surface area contributed by atoms with Gasteiger partial charge in [0.15, 0.2) is 0 Å². The van der Waals surface area contributed by atoms with Crippen LogP contribution in [-0.2, 0) is 12.2 Å². The van der Waals surface area contributed by atoms with E-state index >= 15 is 0 Å². The van der Waals surface area contributed by atoms with E-state index in [1.54, 1.807) is 6.20 Å². The second-order valence-corrected chi connectivity index (χ2v) is 7.97. The summed E-state index contributed by atoms with van der Waals surface area (Å²) in [4.78, 5) is 2.68. The summed E-state index contributed by atoms with van der Waals surface area (Å²) < 4.78 is 1.93. The average molecular weight is 328 g/mol. The molecule has 1 aliphatic heterocycles. The quantitative estimate of drug-likeness (QED) is 0.926. The minimum absolute atomic E-state index is 0.187. The number of thioether (sulfide) groups is 1. The highest BCUT2D eigenvalue weighted by molar-refractivity contribution is 7.98. The largest absolute Gasteiger partial charge is 0.318 e. The average Bonchev–Trinajstić information content (AvgIpc) is 3.01. The molecule has 0 bridgehead atoms. The van der Waals surface area contributed by atoms with E-state index in [1.807, 2.05) is 27.8 Å². The minimum atomic E-state index is -0.187. The normalized spacial score (nSPS) is 16.4. The van der Waals surface area contributed by atoms with Crippen molar-refractivity contribution in [2.24, 2.45) is 5.73 Å². The zero-order chi connectivity index (χ0) is 14.3. The zero-order valence-electron chi connectivity index (χ0n) is 11.6. The van der Waals surface area contributed by atoms with E-state index in [0.717, 1.165) is 17.9 Å². The van der Waals surface area contributed by atoms with Crippen LogP contribution in [0.4, 0.5) is 0 Å². The first-order valence-electron chi connectivity index (χ1n) is 6.75. The molecule has 108 valence electrons. The molecule has 0 aromatic carbocycles. The summed E-state index contributed by atoms with van der Waals surface area (Å²) in [5, 5.41) is 5.01. The van der Waals surface area contributed by atoms with Gasteiger partial charge in [-0.2, -0.15) is 16.9 Å². The number of hydrogen-bond acceptors (Lipinski definition) is 4. The Bertz CT molecular complexity index is 594. The van der Waals surface area contributed by atoms with Gasteiger partial charge in [-0.1, -0.05) is 11.6 Å². The SMILES string of the molecule is CC(C)n1ncc(Cl)c1C(N)c1cc2c(s1)CCSC2. The first-order valence-corrected chi connectivity index (χ1v) is 9.10. The van der Waals surface area contributed by atoms with Gasteiger partial charge in [0.1, 0.15) is 0 Å². The summed E-state index contributed by atoms with van der Waals surface area (Å²) in [6.45, 7) is 4.19. The molecule has 6 heteroatoms. The van der Waals surface area contributed by atoms with Crippen LogP contribution in [-0.4, -0.2) is 15.5 Å². The van der Waals surface area contributed by atoms with Gasteiger partial charge in [0.05, 0.1) is 23.0 Å². The van der Waals surface area contributed by atoms with E-state index in [4.69, 9.17) is 17.3 Å². The van der Waals surface area contributed by atoms with Gasteiger partial charge in [-0.15, -0.1) is 11.3 Å². The zero-order valence-corrected chi connectivity index (χ0v) is 14.0. The molecule has 1 aliphatic rings. The smallest absolute Gasteiger partial charge is 0.0838 e. The fourth-order valence-electron chi connectivity index (χ4n) is 2.51. The van der Waals surface area contributed by atoms with Gasteiger partial charge >= 0.3 is 0 Å². The highest BCUT2D eigenvalue weighted by Crippen LogP contribution is 2.37. The molecule has 0 radical (unpaired) electrons. The molecule has 3 heterocycles. The predicted molar refractivity (Wildman–Crippen MR) is 87.8 cm³/mol. The maximum absolute atomic E-state index is 6.47. The molecule has 2 aromatic rings. The fraction of sp³-hybridized carbons (Fsp3) is 0.500. The lowest BCUT2D eigenvalue weighted by Gasteiger charge is -2.16. The first kappa shape index (κ1) is 14.4. The van der Waals surface area contributed by atoms with Crippen LogP contribution >= 0.6 is 34.7 Å². The first-order chi connectivity index (χ1) is 9.58.